The lowest BCUT2D eigenvalue weighted by atomic mass is 9.58. The molecule has 0 aromatic heterocycles. The minimum absolute atomic E-state index is 0.486. The molecule has 0 bridgehead atoms. The molecule has 0 radical (unpaired) electrons. The van der Waals surface area contributed by atoms with Crippen molar-refractivity contribution < 1.29 is 0 Å². The van der Waals surface area contributed by atoms with Gasteiger partial charge in [-0.1, -0.05) is 37.6 Å². The molecule has 0 heteroatoms. The Balaban J connectivity index is 2.26. The summed E-state index contributed by atoms with van der Waals surface area (Å²) in [6.07, 6.45) is 9.28. The molecule has 2 aliphatic rings. The highest BCUT2D eigenvalue weighted by Crippen LogP contribution is 2.52. The van der Waals surface area contributed by atoms with Crippen LogP contribution in [0.1, 0.15) is 52.9 Å². The summed E-state index contributed by atoms with van der Waals surface area (Å²) >= 11 is 0. The number of hydrogen-bond donors (Lipinski definition) is 0. The molecule has 0 heterocycles. The minimum Gasteiger partial charge on any atom is -0.0998 e. The molecule has 15 heavy (non-hydrogen) atoms. The fourth-order valence-corrected chi connectivity index (χ4v) is 3.44. The SMILES string of the molecule is C=C(C)[C@@H]1CC=C2CCC[C@H](C)[C@@]2(C)C1. The first kappa shape index (κ1) is 11.0. The maximum atomic E-state index is 4.14. The Morgan fingerprint density at radius 3 is 2.93 bits per heavy atom. The third kappa shape index (κ3) is 1.79. The molecule has 1 saturated carbocycles. The average molecular weight is 204 g/mol. The highest BCUT2D eigenvalue weighted by molar-refractivity contribution is 5.23. The summed E-state index contributed by atoms with van der Waals surface area (Å²) in [5, 5.41) is 0. The average Bonchev–Trinajstić information content (AvgIpc) is 2.19. The lowest BCUT2D eigenvalue weighted by molar-refractivity contribution is 0.152. The molecule has 2 aliphatic carbocycles. The molecule has 0 N–H and O–H groups in total. The van der Waals surface area contributed by atoms with Crippen molar-refractivity contribution in [3.05, 3.63) is 23.8 Å². The van der Waals surface area contributed by atoms with Crippen molar-refractivity contribution in [1.82, 2.24) is 0 Å². The van der Waals surface area contributed by atoms with Crippen LogP contribution in [-0.2, 0) is 0 Å². The summed E-state index contributed by atoms with van der Waals surface area (Å²) in [5.41, 5.74) is 3.61. The second kappa shape index (κ2) is 3.81. The predicted octanol–water partition coefficient (Wildman–Crippen LogP) is 4.73. The monoisotopic (exact) mass is 204 g/mol. The standard InChI is InChI=1S/C15H24/c1-11(2)13-8-9-14-7-5-6-12(3)15(14,4)10-13/h9,12-13H,1,5-8,10H2,2-4H3/t12-,13+,15+/m0/s1. The molecule has 2 rings (SSSR count). The first-order chi connectivity index (χ1) is 7.04. The van der Waals surface area contributed by atoms with Gasteiger partial charge in [0.15, 0.2) is 0 Å². The Morgan fingerprint density at radius 1 is 1.53 bits per heavy atom. The molecule has 0 saturated heterocycles. The topological polar surface area (TPSA) is 0 Å². The van der Waals surface area contributed by atoms with Gasteiger partial charge in [-0.2, -0.15) is 0 Å². The van der Waals surface area contributed by atoms with Crippen LogP contribution in [0.25, 0.3) is 0 Å². The first-order valence-electron chi connectivity index (χ1n) is 6.39. The van der Waals surface area contributed by atoms with E-state index in [0.717, 1.165) is 11.8 Å². The first-order valence-corrected chi connectivity index (χ1v) is 6.39. The van der Waals surface area contributed by atoms with Crippen LogP contribution >= 0.6 is 0 Å². The van der Waals surface area contributed by atoms with Gasteiger partial charge in [-0.3, -0.25) is 0 Å². The molecule has 0 unspecified atom stereocenters. The summed E-state index contributed by atoms with van der Waals surface area (Å²) in [6, 6.07) is 0. The van der Waals surface area contributed by atoms with Crippen LogP contribution in [0.3, 0.4) is 0 Å². The molecule has 84 valence electrons. The van der Waals surface area contributed by atoms with Gasteiger partial charge in [-0.15, -0.1) is 0 Å². The van der Waals surface area contributed by atoms with Gasteiger partial charge in [0, 0.05) is 0 Å². The van der Waals surface area contributed by atoms with E-state index in [0.29, 0.717) is 5.41 Å². The summed E-state index contributed by atoms with van der Waals surface area (Å²) in [6.45, 7) is 11.3. The second-order valence-electron chi connectivity index (χ2n) is 5.92. The Hall–Kier alpha value is -0.520. The summed E-state index contributed by atoms with van der Waals surface area (Å²) in [4.78, 5) is 0. The molecular formula is C15H24. The molecule has 0 nitrogen and oxygen atoms in total. The van der Waals surface area contributed by atoms with Gasteiger partial charge in [-0.05, 0) is 56.3 Å². The Kier molecular flexibility index (Phi) is 2.79. The lowest BCUT2D eigenvalue weighted by Gasteiger charge is -2.47. The van der Waals surface area contributed by atoms with Crippen LogP contribution in [0.2, 0.25) is 0 Å². The van der Waals surface area contributed by atoms with Crippen LogP contribution in [0.15, 0.2) is 23.8 Å². The Labute approximate surface area is 94.5 Å². The van der Waals surface area contributed by atoms with E-state index in [1.165, 1.54) is 37.7 Å². The van der Waals surface area contributed by atoms with Gasteiger partial charge in [0.05, 0.1) is 0 Å². The van der Waals surface area contributed by atoms with Crippen molar-refractivity contribution in [2.45, 2.75) is 52.9 Å². The van der Waals surface area contributed by atoms with Crippen LogP contribution in [-0.4, -0.2) is 0 Å². The van der Waals surface area contributed by atoms with Crippen molar-refractivity contribution in [1.29, 1.82) is 0 Å². The van der Waals surface area contributed by atoms with Crippen LogP contribution < -0.4 is 0 Å². The van der Waals surface area contributed by atoms with Crippen molar-refractivity contribution in [3.8, 4) is 0 Å². The second-order valence-corrected chi connectivity index (χ2v) is 5.92. The maximum absolute atomic E-state index is 4.14. The van der Waals surface area contributed by atoms with Crippen molar-refractivity contribution in [3.63, 3.8) is 0 Å². The molecule has 0 spiro atoms. The fraction of sp³-hybridized carbons (Fsp3) is 0.733. The number of rotatable bonds is 1. The predicted molar refractivity (Wildman–Crippen MR) is 66.7 cm³/mol. The number of hydrogen-bond acceptors (Lipinski definition) is 0. The molecule has 3 atom stereocenters. The molecule has 0 aromatic carbocycles. The van der Waals surface area contributed by atoms with Gasteiger partial charge in [0.1, 0.15) is 0 Å². The molecular weight excluding hydrogens is 180 g/mol. The van der Waals surface area contributed by atoms with E-state index >= 15 is 0 Å². The van der Waals surface area contributed by atoms with Gasteiger partial charge in [-0.25, -0.2) is 0 Å². The highest BCUT2D eigenvalue weighted by Gasteiger charge is 2.41. The van der Waals surface area contributed by atoms with Gasteiger partial charge in [0.25, 0.3) is 0 Å². The van der Waals surface area contributed by atoms with E-state index in [4.69, 9.17) is 0 Å². The smallest absolute Gasteiger partial charge is 0.00850 e. The van der Waals surface area contributed by atoms with E-state index in [-0.39, 0.29) is 0 Å². The third-order valence-corrected chi connectivity index (χ3v) is 4.92. The molecule has 0 aliphatic heterocycles. The Bertz CT molecular complexity index is 297. The molecule has 0 amide bonds. The van der Waals surface area contributed by atoms with Gasteiger partial charge >= 0.3 is 0 Å². The molecule has 0 aromatic rings. The number of fused-ring (bicyclic) bond motifs is 1. The minimum atomic E-state index is 0.486. The lowest BCUT2D eigenvalue weighted by Crippen LogP contribution is -2.36. The summed E-state index contributed by atoms with van der Waals surface area (Å²) in [7, 11) is 0. The van der Waals surface area contributed by atoms with Crippen LogP contribution in [0.4, 0.5) is 0 Å². The molecule has 1 fully saturated rings. The van der Waals surface area contributed by atoms with Crippen molar-refractivity contribution in [2.75, 3.05) is 0 Å². The zero-order chi connectivity index (χ0) is 11.1. The third-order valence-electron chi connectivity index (χ3n) is 4.92. The zero-order valence-electron chi connectivity index (χ0n) is 10.5. The van der Waals surface area contributed by atoms with Crippen LogP contribution in [0, 0.1) is 17.3 Å². The van der Waals surface area contributed by atoms with E-state index in [2.05, 4.69) is 33.4 Å². The van der Waals surface area contributed by atoms with E-state index < -0.39 is 0 Å². The van der Waals surface area contributed by atoms with Crippen molar-refractivity contribution >= 4 is 0 Å². The summed E-state index contributed by atoms with van der Waals surface area (Å²) < 4.78 is 0. The van der Waals surface area contributed by atoms with Crippen LogP contribution in [0.5, 0.6) is 0 Å². The zero-order valence-corrected chi connectivity index (χ0v) is 10.5. The highest BCUT2D eigenvalue weighted by atomic mass is 14.5. The van der Waals surface area contributed by atoms with E-state index in [1.54, 1.807) is 5.57 Å². The normalized spacial score (nSPS) is 40.6. The van der Waals surface area contributed by atoms with E-state index in [1.807, 2.05) is 0 Å². The fourth-order valence-electron chi connectivity index (χ4n) is 3.44. The number of allylic oxidation sites excluding steroid dienone is 3. The maximum Gasteiger partial charge on any atom is -0.00850 e. The summed E-state index contributed by atoms with van der Waals surface area (Å²) in [5.74, 6) is 1.60. The van der Waals surface area contributed by atoms with E-state index in [9.17, 15) is 0 Å². The van der Waals surface area contributed by atoms with Gasteiger partial charge < -0.3 is 0 Å². The largest absolute Gasteiger partial charge is 0.0998 e. The van der Waals surface area contributed by atoms with Gasteiger partial charge in [0.2, 0.25) is 0 Å². The Morgan fingerprint density at radius 2 is 2.27 bits per heavy atom. The quantitative estimate of drug-likeness (QED) is 0.542. The van der Waals surface area contributed by atoms with Crippen molar-refractivity contribution in [2.24, 2.45) is 17.3 Å².